The predicted octanol–water partition coefficient (Wildman–Crippen LogP) is 1.80. The zero-order valence-electron chi connectivity index (χ0n) is 15.4. The van der Waals surface area contributed by atoms with E-state index in [-0.39, 0.29) is 17.6 Å². The van der Waals surface area contributed by atoms with Crippen molar-refractivity contribution in [3.05, 3.63) is 71.9 Å². The topological polar surface area (TPSA) is 53.9 Å². The second kappa shape index (κ2) is 10.1. The van der Waals surface area contributed by atoms with E-state index in [2.05, 4.69) is 5.32 Å². The van der Waals surface area contributed by atoms with Gasteiger partial charge in [-0.05, 0) is 41.8 Å². The smallest absolute Gasteiger partial charge is 0.279 e. The van der Waals surface area contributed by atoms with Crippen molar-refractivity contribution in [3.63, 3.8) is 0 Å². The molecule has 1 fully saturated rings. The van der Waals surface area contributed by atoms with E-state index >= 15 is 0 Å². The minimum atomic E-state index is -0.333. The van der Waals surface area contributed by atoms with Crippen LogP contribution < -0.4 is 10.2 Å². The molecule has 0 saturated carbocycles. The average Bonchev–Trinajstić information content (AvgIpc) is 2.71. The number of hydrogen-bond donors (Lipinski definition) is 2. The molecule has 0 aromatic heterocycles. The van der Waals surface area contributed by atoms with Crippen LogP contribution >= 0.6 is 11.8 Å². The number of nitrogens with zero attached hydrogens (tertiary/aromatic N) is 1. The number of nitrogens with one attached hydrogen (secondary N) is 2. The normalized spacial score (nSPS) is 15.0. The number of quaternary nitrogens is 1. The summed E-state index contributed by atoms with van der Waals surface area (Å²) in [5.41, 5.74) is 0.584. The van der Waals surface area contributed by atoms with Crippen molar-refractivity contribution in [1.82, 2.24) is 4.90 Å². The minimum Gasteiger partial charge on any atom is -0.328 e. The van der Waals surface area contributed by atoms with Gasteiger partial charge in [0.05, 0.1) is 26.2 Å². The summed E-state index contributed by atoms with van der Waals surface area (Å²) in [6, 6.07) is 15.6. The first kappa shape index (κ1) is 20.1. The quantitative estimate of drug-likeness (QED) is 0.574. The van der Waals surface area contributed by atoms with Gasteiger partial charge in [0.25, 0.3) is 5.91 Å². The molecule has 2 N–H and O–H groups in total. The van der Waals surface area contributed by atoms with Gasteiger partial charge >= 0.3 is 0 Å². The third-order valence-electron chi connectivity index (χ3n) is 4.48. The standard InChI is InChI=1S/C21H22FN3O2S/c22-17-6-8-18(9-7-17)23-20(26)16-24-11-13-25(14-12-24)21(27)10-15-28-19-4-2-1-3-5-19/h1-10,15H,11-14,16H2,(H,23,26)/p+1/b15-10+. The van der Waals surface area contributed by atoms with E-state index < -0.39 is 0 Å². The highest BCUT2D eigenvalue weighted by Gasteiger charge is 2.24. The fourth-order valence-electron chi connectivity index (χ4n) is 2.96. The third-order valence-corrected chi connectivity index (χ3v) is 5.30. The Labute approximate surface area is 168 Å². The van der Waals surface area contributed by atoms with Crippen molar-refractivity contribution in [3.8, 4) is 0 Å². The third kappa shape index (κ3) is 6.21. The molecule has 146 valence electrons. The zero-order valence-corrected chi connectivity index (χ0v) is 16.3. The summed E-state index contributed by atoms with van der Waals surface area (Å²) in [6.07, 6.45) is 1.60. The molecule has 28 heavy (non-hydrogen) atoms. The first-order valence-electron chi connectivity index (χ1n) is 9.16. The molecule has 2 amide bonds. The van der Waals surface area contributed by atoms with Crippen LogP contribution in [-0.4, -0.2) is 49.4 Å². The first-order chi connectivity index (χ1) is 13.6. The SMILES string of the molecule is O=C(C[NH+]1CCN(C(=O)/C=C/Sc2ccccc2)CC1)Nc1ccc(F)cc1. The second-order valence-corrected chi connectivity index (χ2v) is 7.52. The van der Waals surface area contributed by atoms with Crippen LogP contribution in [0.3, 0.4) is 0 Å². The van der Waals surface area contributed by atoms with Crippen molar-refractivity contribution < 1.29 is 18.9 Å². The lowest BCUT2D eigenvalue weighted by Crippen LogP contribution is -3.15. The van der Waals surface area contributed by atoms with Gasteiger partial charge in [-0.1, -0.05) is 30.0 Å². The predicted molar refractivity (Wildman–Crippen MR) is 109 cm³/mol. The average molecular weight is 400 g/mol. The number of carbonyl (C=O) groups excluding carboxylic acids is 2. The van der Waals surface area contributed by atoms with Crippen LogP contribution in [0.5, 0.6) is 0 Å². The molecule has 7 heteroatoms. The molecular formula is C21H23FN3O2S+. The fourth-order valence-corrected chi connectivity index (χ4v) is 3.62. The molecular weight excluding hydrogens is 377 g/mol. The lowest BCUT2D eigenvalue weighted by Gasteiger charge is -2.31. The number of anilines is 1. The Morgan fingerprint density at radius 2 is 1.75 bits per heavy atom. The van der Waals surface area contributed by atoms with E-state index in [0.29, 0.717) is 25.3 Å². The number of benzene rings is 2. The summed E-state index contributed by atoms with van der Waals surface area (Å²) in [4.78, 5) is 28.5. The summed E-state index contributed by atoms with van der Waals surface area (Å²) in [5.74, 6) is -0.445. The monoisotopic (exact) mass is 400 g/mol. The van der Waals surface area contributed by atoms with Gasteiger partial charge in [0, 0.05) is 16.7 Å². The number of piperazine rings is 1. The van der Waals surface area contributed by atoms with E-state index in [4.69, 9.17) is 0 Å². The van der Waals surface area contributed by atoms with E-state index in [0.717, 1.165) is 22.9 Å². The molecule has 0 spiro atoms. The van der Waals surface area contributed by atoms with Crippen molar-refractivity contribution in [2.45, 2.75) is 4.90 Å². The Bertz CT molecular complexity index is 819. The molecule has 1 aliphatic rings. The number of halogens is 1. The lowest BCUT2D eigenvalue weighted by molar-refractivity contribution is -0.895. The highest BCUT2D eigenvalue weighted by atomic mass is 32.2. The summed E-state index contributed by atoms with van der Waals surface area (Å²) in [7, 11) is 0. The minimum absolute atomic E-state index is 0.00163. The van der Waals surface area contributed by atoms with Gasteiger partial charge in [-0.2, -0.15) is 0 Å². The number of carbonyl (C=O) groups is 2. The van der Waals surface area contributed by atoms with Crippen LogP contribution in [-0.2, 0) is 9.59 Å². The van der Waals surface area contributed by atoms with E-state index in [1.807, 2.05) is 40.6 Å². The fraction of sp³-hybridized carbons (Fsp3) is 0.238. The Morgan fingerprint density at radius 3 is 2.43 bits per heavy atom. The second-order valence-electron chi connectivity index (χ2n) is 6.54. The van der Waals surface area contributed by atoms with Crippen molar-refractivity contribution in [2.24, 2.45) is 0 Å². The first-order valence-corrected chi connectivity index (χ1v) is 10.0. The van der Waals surface area contributed by atoms with Crippen LogP contribution in [0.25, 0.3) is 0 Å². The lowest BCUT2D eigenvalue weighted by atomic mass is 10.3. The highest BCUT2D eigenvalue weighted by molar-refractivity contribution is 8.02. The number of hydrogen-bond acceptors (Lipinski definition) is 3. The molecule has 0 bridgehead atoms. The van der Waals surface area contributed by atoms with E-state index in [1.165, 1.54) is 23.9 Å². The van der Waals surface area contributed by atoms with Crippen molar-refractivity contribution >= 4 is 29.3 Å². The molecule has 0 unspecified atom stereocenters. The number of amides is 2. The molecule has 3 rings (SSSR count). The largest absolute Gasteiger partial charge is 0.328 e. The summed E-state index contributed by atoms with van der Waals surface area (Å²) >= 11 is 1.51. The number of rotatable bonds is 6. The molecule has 1 heterocycles. The van der Waals surface area contributed by atoms with E-state index in [1.54, 1.807) is 18.2 Å². The van der Waals surface area contributed by atoms with Gasteiger partial charge in [-0.25, -0.2) is 4.39 Å². The van der Waals surface area contributed by atoms with Gasteiger partial charge in [0.2, 0.25) is 5.91 Å². The summed E-state index contributed by atoms with van der Waals surface area (Å²) < 4.78 is 12.9. The van der Waals surface area contributed by atoms with Gasteiger partial charge in [-0.3, -0.25) is 9.59 Å². The molecule has 2 aromatic carbocycles. The molecule has 1 saturated heterocycles. The molecule has 0 atom stereocenters. The summed E-state index contributed by atoms with van der Waals surface area (Å²) in [5, 5.41) is 4.59. The maximum Gasteiger partial charge on any atom is 0.279 e. The summed E-state index contributed by atoms with van der Waals surface area (Å²) in [6.45, 7) is 3.03. The maximum absolute atomic E-state index is 12.9. The van der Waals surface area contributed by atoms with Crippen LogP contribution in [0.15, 0.2) is 71.0 Å². The molecule has 0 aliphatic carbocycles. The Hall–Kier alpha value is -2.64. The van der Waals surface area contributed by atoms with Crippen LogP contribution in [0.4, 0.5) is 10.1 Å². The molecule has 5 nitrogen and oxygen atoms in total. The highest BCUT2D eigenvalue weighted by Crippen LogP contribution is 2.18. The van der Waals surface area contributed by atoms with Crippen LogP contribution in [0, 0.1) is 5.82 Å². The van der Waals surface area contributed by atoms with Crippen LogP contribution in [0.2, 0.25) is 0 Å². The zero-order chi connectivity index (χ0) is 19.8. The molecule has 2 aromatic rings. The van der Waals surface area contributed by atoms with Gasteiger partial charge in [-0.15, -0.1) is 0 Å². The van der Waals surface area contributed by atoms with Crippen molar-refractivity contribution in [1.29, 1.82) is 0 Å². The van der Waals surface area contributed by atoms with E-state index in [9.17, 15) is 14.0 Å². The maximum atomic E-state index is 12.9. The van der Waals surface area contributed by atoms with Gasteiger partial charge < -0.3 is 15.1 Å². The van der Waals surface area contributed by atoms with Crippen LogP contribution in [0.1, 0.15) is 0 Å². The number of thioether (sulfide) groups is 1. The van der Waals surface area contributed by atoms with Crippen molar-refractivity contribution in [2.75, 3.05) is 38.0 Å². The Morgan fingerprint density at radius 1 is 1.07 bits per heavy atom. The van der Waals surface area contributed by atoms with Gasteiger partial charge in [0.1, 0.15) is 5.82 Å². The Balaban J connectivity index is 1.39. The molecule has 0 radical (unpaired) electrons. The van der Waals surface area contributed by atoms with Gasteiger partial charge in [0.15, 0.2) is 6.54 Å². The molecule has 1 aliphatic heterocycles. The Kier molecular flexibility index (Phi) is 7.22.